The zero-order valence-corrected chi connectivity index (χ0v) is 12.3. The first-order valence-corrected chi connectivity index (χ1v) is 6.53. The van der Waals surface area contributed by atoms with Gasteiger partial charge in [0, 0.05) is 0 Å². The van der Waals surface area contributed by atoms with Crippen LogP contribution < -0.4 is 10.1 Å². The number of rotatable bonds is 6. The summed E-state index contributed by atoms with van der Waals surface area (Å²) < 4.78 is 5.42. The van der Waals surface area contributed by atoms with Gasteiger partial charge in [0.1, 0.15) is 11.3 Å². The highest BCUT2D eigenvalue weighted by Crippen LogP contribution is 2.18. The molecule has 1 aromatic carbocycles. The molecule has 1 rings (SSSR count). The molecule has 0 aromatic heterocycles. The minimum Gasteiger partial charge on any atom is -0.484 e. The third-order valence-corrected chi connectivity index (χ3v) is 3.28. The Hall–Kier alpha value is -2.04. The van der Waals surface area contributed by atoms with Crippen LogP contribution in [0.5, 0.6) is 5.75 Å². The van der Waals surface area contributed by atoms with E-state index in [1.54, 1.807) is 13.0 Å². The first-order valence-electron chi connectivity index (χ1n) is 6.53. The van der Waals surface area contributed by atoms with Crippen molar-refractivity contribution in [3.8, 4) is 5.75 Å². The predicted octanol–water partition coefficient (Wildman–Crippen LogP) is 2.05. The van der Waals surface area contributed by atoms with E-state index in [1.807, 2.05) is 26.0 Å². The molecule has 0 aliphatic rings. The molecular weight excluding hydrogens is 258 g/mol. The molecule has 1 atom stereocenters. The van der Waals surface area contributed by atoms with E-state index in [4.69, 9.17) is 9.84 Å². The SMILES string of the molecule is CCC(C)(NC(=O)COc1ccc(C)cc1C)C(=O)O. The van der Waals surface area contributed by atoms with Gasteiger partial charge in [0.15, 0.2) is 6.61 Å². The number of carboxylic acid groups (broad SMARTS) is 1. The molecule has 1 aromatic rings. The van der Waals surface area contributed by atoms with Gasteiger partial charge < -0.3 is 15.2 Å². The second-order valence-electron chi connectivity index (χ2n) is 5.10. The van der Waals surface area contributed by atoms with Crippen molar-refractivity contribution in [1.29, 1.82) is 0 Å². The van der Waals surface area contributed by atoms with Gasteiger partial charge in [-0.2, -0.15) is 0 Å². The summed E-state index contributed by atoms with van der Waals surface area (Å²) in [4.78, 5) is 22.9. The maximum Gasteiger partial charge on any atom is 0.329 e. The lowest BCUT2D eigenvalue weighted by molar-refractivity contribution is -0.147. The minimum absolute atomic E-state index is 0.202. The van der Waals surface area contributed by atoms with Crippen molar-refractivity contribution in [2.24, 2.45) is 0 Å². The fraction of sp³-hybridized carbons (Fsp3) is 0.467. The Morgan fingerprint density at radius 3 is 2.50 bits per heavy atom. The second-order valence-corrected chi connectivity index (χ2v) is 5.10. The number of carbonyl (C=O) groups excluding carboxylic acids is 1. The Bertz CT molecular complexity index is 513. The fourth-order valence-electron chi connectivity index (χ4n) is 1.74. The first kappa shape index (κ1) is 16.0. The topological polar surface area (TPSA) is 75.6 Å². The van der Waals surface area contributed by atoms with Crippen LogP contribution in [-0.4, -0.2) is 29.1 Å². The molecule has 20 heavy (non-hydrogen) atoms. The first-order chi connectivity index (χ1) is 9.28. The van der Waals surface area contributed by atoms with E-state index in [2.05, 4.69) is 5.32 Å². The molecule has 0 spiro atoms. The van der Waals surface area contributed by atoms with Crippen molar-refractivity contribution >= 4 is 11.9 Å². The Morgan fingerprint density at radius 2 is 2.00 bits per heavy atom. The summed E-state index contributed by atoms with van der Waals surface area (Å²) in [5, 5.41) is 11.6. The molecule has 1 unspecified atom stereocenters. The molecule has 0 heterocycles. The van der Waals surface area contributed by atoms with Crippen LogP contribution in [0, 0.1) is 13.8 Å². The highest BCUT2D eigenvalue weighted by atomic mass is 16.5. The fourth-order valence-corrected chi connectivity index (χ4v) is 1.74. The average Bonchev–Trinajstić information content (AvgIpc) is 2.37. The molecule has 0 aliphatic heterocycles. The third-order valence-electron chi connectivity index (χ3n) is 3.28. The average molecular weight is 279 g/mol. The van der Waals surface area contributed by atoms with E-state index in [0.29, 0.717) is 12.2 Å². The summed E-state index contributed by atoms with van der Waals surface area (Å²) in [6.07, 6.45) is 0.303. The molecule has 0 saturated heterocycles. The molecule has 0 radical (unpaired) electrons. The number of hydrogen-bond donors (Lipinski definition) is 2. The zero-order chi connectivity index (χ0) is 15.3. The van der Waals surface area contributed by atoms with Crippen molar-refractivity contribution in [1.82, 2.24) is 5.32 Å². The number of aliphatic carboxylic acids is 1. The minimum atomic E-state index is -1.26. The molecule has 2 N–H and O–H groups in total. The van der Waals surface area contributed by atoms with Crippen molar-refractivity contribution < 1.29 is 19.4 Å². The van der Waals surface area contributed by atoms with Crippen LogP contribution in [0.2, 0.25) is 0 Å². The monoisotopic (exact) mass is 279 g/mol. The molecule has 1 amide bonds. The van der Waals surface area contributed by atoms with Gasteiger partial charge in [-0.3, -0.25) is 4.79 Å². The Labute approximate surface area is 118 Å². The van der Waals surface area contributed by atoms with E-state index >= 15 is 0 Å². The van der Waals surface area contributed by atoms with Crippen molar-refractivity contribution in [3.63, 3.8) is 0 Å². The standard InChI is InChI=1S/C15H21NO4/c1-5-15(4,14(18)19)16-13(17)9-20-12-7-6-10(2)8-11(12)3/h6-8H,5,9H2,1-4H3,(H,16,17)(H,18,19). The molecule has 0 saturated carbocycles. The number of benzene rings is 1. The van der Waals surface area contributed by atoms with Crippen LogP contribution in [0.1, 0.15) is 31.4 Å². The van der Waals surface area contributed by atoms with Crippen LogP contribution >= 0.6 is 0 Å². The van der Waals surface area contributed by atoms with Crippen LogP contribution in [-0.2, 0) is 9.59 Å². The Kier molecular flexibility index (Phi) is 5.13. The molecule has 5 heteroatoms. The summed E-state index contributed by atoms with van der Waals surface area (Å²) in [7, 11) is 0. The summed E-state index contributed by atoms with van der Waals surface area (Å²) in [6.45, 7) is 6.85. The summed E-state index contributed by atoms with van der Waals surface area (Å²) in [6, 6.07) is 5.66. The lowest BCUT2D eigenvalue weighted by atomic mass is 9.99. The predicted molar refractivity (Wildman–Crippen MR) is 75.9 cm³/mol. The number of hydrogen-bond acceptors (Lipinski definition) is 3. The van der Waals surface area contributed by atoms with E-state index in [0.717, 1.165) is 11.1 Å². The molecule has 0 fully saturated rings. The third kappa shape index (κ3) is 3.98. The van der Waals surface area contributed by atoms with Gasteiger partial charge in [-0.25, -0.2) is 4.79 Å². The Morgan fingerprint density at radius 1 is 1.35 bits per heavy atom. The second kappa shape index (κ2) is 6.41. The zero-order valence-electron chi connectivity index (χ0n) is 12.3. The molecule has 5 nitrogen and oxygen atoms in total. The normalized spacial score (nSPS) is 13.4. The van der Waals surface area contributed by atoms with Gasteiger partial charge in [-0.05, 0) is 38.8 Å². The van der Waals surface area contributed by atoms with Crippen LogP contribution in [0.3, 0.4) is 0 Å². The van der Waals surface area contributed by atoms with Crippen LogP contribution in [0.15, 0.2) is 18.2 Å². The van der Waals surface area contributed by atoms with E-state index in [9.17, 15) is 9.59 Å². The highest BCUT2D eigenvalue weighted by molar-refractivity contribution is 5.87. The number of aryl methyl sites for hydroxylation is 2. The molecule has 110 valence electrons. The van der Waals surface area contributed by atoms with E-state index < -0.39 is 17.4 Å². The highest BCUT2D eigenvalue weighted by Gasteiger charge is 2.32. The maximum atomic E-state index is 11.8. The van der Waals surface area contributed by atoms with Gasteiger partial charge in [-0.15, -0.1) is 0 Å². The van der Waals surface area contributed by atoms with Gasteiger partial charge in [-0.1, -0.05) is 24.6 Å². The number of carbonyl (C=O) groups is 2. The van der Waals surface area contributed by atoms with Crippen molar-refractivity contribution in [2.75, 3.05) is 6.61 Å². The lowest BCUT2D eigenvalue weighted by Crippen LogP contribution is -2.53. The van der Waals surface area contributed by atoms with E-state index in [-0.39, 0.29) is 6.61 Å². The summed E-state index contributed by atoms with van der Waals surface area (Å²) in [5.74, 6) is -0.879. The van der Waals surface area contributed by atoms with Gasteiger partial charge in [0.05, 0.1) is 0 Å². The van der Waals surface area contributed by atoms with Crippen LogP contribution in [0.25, 0.3) is 0 Å². The van der Waals surface area contributed by atoms with Gasteiger partial charge in [0.2, 0.25) is 0 Å². The Balaban J connectivity index is 2.62. The van der Waals surface area contributed by atoms with Gasteiger partial charge >= 0.3 is 5.97 Å². The molecule has 0 aliphatic carbocycles. The van der Waals surface area contributed by atoms with Crippen molar-refractivity contribution in [3.05, 3.63) is 29.3 Å². The van der Waals surface area contributed by atoms with Crippen LogP contribution in [0.4, 0.5) is 0 Å². The molecular formula is C15H21NO4. The smallest absolute Gasteiger partial charge is 0.329 e. The quantitative estimate of drug-likeness (QED) is 0.835. The number of amides is 1. The summed E-state index contributed by atoms with van der Waals surface area (Å²) in [5.41, 5.74) is 0.793. The largest absolute Gasteiger partial charge is 0.484 e. The van der Waals surface area contributed by atoms with E-state index in [1.165, 1.54) is 6.92 Å². The summed E-state index contributed by atoms with van der Waals surface area (Å²) >= 11 is 0. The lowest BCUT2D eigenvalue weighted by Gasteiger charge is -2.24. The maximum absolute atomic E-state index is 11.8. The number of nitrogens with one attached hydrogen (secondary N) is 1. The molecule has 0 bridgehead atoms. The number of carboxylic acids is 1. The number of ether oxygens (including phenoxy) is 1. The van der Waals surface area contributed by atoms with Crippen molar-refractivity contribution in [2.45, 2.75) is 39.7 Å². The van der Waals surface area contributed by atoms with Gasteiger partial charge in [0.25, 0.3) is 5.91 Å².